The highest BCUT2D eigenvalue weighted by Crippen LogP contribution is 2.29. The van der Waals surface area contributed by atoms with E-state index in [0.717, 1.165) is 18.4 Å². The molecule has 0 bridgehead atoms. The van der Waals surface area contributed by atoms with Gasteiger partial charge in [0.25, 0.3) is 0 Å². The van der Waals surface area contributed by atoms with Crippen molar-refractivity contribution in [2.24, 2.45) is 0 Å². The van der Waals surface area contributed by atoms with Gasteiger partial charge in [-0.25, -0.2) is 0 Å². The van der Waals surface area contributed by atoms with Crippen molar-refractivity contribution in [1.82, 2.24) is 0 Å². The van der Waals surface area contributed by atoms with Gasteiger partial charge in [0.05, 0.1) is 0 Å². The van der Waals surface area contributed by atoms with Gasteiger partial charge in [0, 0.05) is 0 Å². The minimum absolute atomic E-state index is 0.267. The molecule has 0 fully saturated rings. The molecule has 5 heteroatoms. The molecular weight excluding hydrogens is 281 g/mol. The number of benzene rings is 2. The first-order chi connectivity index (χ1) is 9.98. The second kappa shape index (κ2) is 6.52. The third kappa shape index (κ3) is 4.70. The zero-order valence-electron chi connectivity index (χ0n) is 11.5. The second-order valence-electron chi connectivity index (χ2n) is 4.48. The van der Waals surface area contributed by atoms with E-state index in [2.05, 4.69) is 11.7 Å². The van der Waals surface area contributed by atoms with Crippen LogP contribution >= 0.6 is 0 Å². The van der Waals surface area contributed by atoms with Gasteiger partial charge in [-0.1, -0.05) is 31.5 Å². The quantitative estimate of drug-likeness (QED) is 0.742. The van der Waals surface area contributed by atoms with E-state index in [9.17, 15) is 13.2 Å². The molecule has 0 amide bonds. The van der Waals surface area contributed by atoms with Crippen LogP contribution in [-0.2, 0) is 6.42 Å². The summed E-state index contributed by atoms with van der Waals surface area (Å²) in [4.78, 5) is 0. The molecule has 0 aromatic heterocycles. The number of rotatable bonds is 5. The Hall–Kier alpha value is -2.17. The van der Waals surface area contributed by atoms with Crippen molar-refractivity contribution in [1.29, 1.82) is 0 Å². The van der Waals surface area contributed by atoms with Crippen molar-refractivity contribution in [3.05, 3.63) is 54.1 Å². The summed E-state index contributed by atoms with van der Waals surface area (Å²) in [6.07, 6.45) is -2.82. The Bertz CT molecular complexity index is 577. The van der Waals surface area contributed by atoms with E-state index >= 15 is 0 Å². The van der Waals surface area contributed by atoms with Gasteiger partial charge in [-0.15, -0.1) is 13.2 Å². The van der Waals surface area contributed by atoms with Crippen LogP contribution < -0.4 is 9.47 Å². The second-order valence-corrected chi connectivity index (χ2v) is 4.48. The Balaban J connectivity index is 2.10. The van der Waals surface area contributed by atoms with Crippen molar-refractivity contribution < 1.29 is 22.6 Å². The molecule has 0 atom stereocenters. The number of hydrogen-bond donors (Lipinski definition) is 0. The number of halogens is 3. The van der Waals surface area contributed by atoms with Gasteiger partial charge in [-0.2, -0.15) is 0 Å². The lowest BCUT2D eigenvalue weighted by Crippen LogP contribution is -2.16. The molecule has 21 heavy (non-hydrogen) atoms. The Morgan fingerprint density at radius 2 is 1.52 bits per heavy atom. The Morgan fingerprint density at radius 1 is 0.905 bits per heavy atom. The van der Waals surface area contributed by atoms with Crippen LogP contribution in [0, 0.1) is 0 Å². The SMILES string of the molecule is CCCc1ccccc1Oc1ccc(OC(F)(F)F)cc1. The largest absolute Gasteiger partial charge is 0.573 e. The maximum atomic E-state index is 12.1. The van der Waals surface area contributed by atoms with Gasteiger partial charge in [0.2, 0.25) is 0 Å². The molecule has 0 aliphatic carbocycles. The highest BCUT2D eigenvalue weighted by molar-refractivity contribution is 5.39. The molecule has 2 aromatic rings. The summed E-state index contributed by atoms with van der Waals surface area (Å²) >= 11 is 0. The topological polar surface area (TPSA) is 18.5 Å². The van der Waals surface area contributed by atoms with Crippen molar-refractivity contribution in [3.8, 4) is 17.2 Å². The average molecular weight is 296 g/mol. The van der Waals surface area contributed by atoms with Gasteiger partial charge in [-0.3, -0.25) is 0 Å². The molecule has 0 aliphatic rings. The minimum atomic E-state index is -4.68. The lowest BCUT2D eigenvalue weighted by Gasteiger charge is -2.12. The summed E-state index contributed by atoms with van der Waals surface area (Å²) in [5.41, 5.74) is 1.07. The van der Waals surface area contributed by atoms with Gasteiger partial charge in [-0.05, 0) is 42.3 Å². The molecule has 2 rings (SSSR count). The fourth-order valence-corrected chi connectivity index (χ4v) is 1.92. The molecule has 2 nitrogen and oxygen atoms in total. The van der Waals surface area contributed by atoms with Gasteiger partial charge >= 0.3 is 6.36 Å². The molecule has 0 heterocycles. The average Bonchev–Trinajstić information content (AvgIpc) is 2.42. The molecule has 2 aromatic carbocycles. The maximum absolute atomic E-state index is 12.1. The smallest absolute Gasteiger partial charge is 0.457 e. The predicted octanol–water partition coefficient (Wildman–Crippen LogP) is 5.33. The van der Waals surface area contributed by atoms with Crippen LogP contribution in [0.4, 0.5) is 13.2 Å². The Kier molecular flexibility index (Phi) is 4.73. The van der Waals surface area contributed by atoms with E-state index in [-0.39, 0.29) is 5.75 Å². The summed E-state index contributed by atoms with van der Waals surface area (Å²) in [5, 5.41) is 0. The molecule has 0 aliphatic heterocycles. The lowest BCUT2D eigenvalue weighted by atomic mass is 10.1. The van der Waals surface area contributed by atoms with Crippen molar-refractivity contribution in [3.63, 3.8) is 0 Å². The van der Waals surface area contributed by atoms with Crippen molar-refractivity contribution >= 4 is 0 Å². The van der Waals surface area contributed by atoms with Crippen molar-refractivity contribution in [2.45, 2.75) is 26.1 Å². The Labute approximate surface area is 121 Å². The summed E-state index contributed by atoms with van der Waals surface area (Å²) in [5.74, 6) is 0.911. The maximum Gasteiger partial charge on any atom is 0.573 e. The van der Waals surface area contributed by atoms with E-state index in [1.807, 2.05) is 24.3 Å². The Morgan fingerprint density at radius 3 is 2.14 bits per heavy atom. The molecule has 0 spiro atoms. The zero-order valence-corrected chi connectivity index (χ0v) is 11.5. The minimum Gasteiger partial charge on any atom is -0.457 e. The van der Waals surface area contributed by atoms with Crippen LogP contribution in [-0.4, -0.2) is 6.36 Å². The molecule has 0 saturated heterocycles. The first-order valence-corrected chi connectivity index (χ1v) is 6.59. The number of para-hydroxylation sites is 1. The highest BCUT2D eigenvalue weighted by Gasteiger charge is 2.30. The van der Waals surface area contributed by atoms with E-state index in [0.29, 0.717) is 11.5 Å². The number of ether oxygens (including phenoxy) is 2. The van der Waals surface area contributed by atoms with Gasteiger partial charge in [0.1, 0.15) is 17.2 Å². The molecule has 0 radical (unpaired) electrons. The monoisotopic (exact) mass is 296 g/mol. The third-order valence-corrected chi connectivity index (χ3v) is 2.78. The number of alkyl halides is 3. The third-order valence-electron chi connectivity index (χ3n) is 2.78. The molecule has 0 saturated carbocycles. The summed E-state index contributed by atoms with van der Waals surface area (Å²) in [6, 6.07) is 12.9. The van der Waals surface area contributed by atoms with Crippen LogP contribution in [0.5, 0.6) is 17.2 Å². The molecular formula is C16H15F3O2. The summed E-state index contributed by atoms with van der Waals surface area (Å²) in [6.45, 7) is 2.07. The van der Waals surface area contributed by atoms with Gasteiger partial charge < -0.3 is 9.47 Å². The lowest BCUT2D eigenvalue weighted by molar-refractivity contribution is -0.274. The first kappa shape index (κ1) is 15.2. The van der Waals surface area contributed by atoms with Crippen LogP contribution in [0.2, 0.25) is 0 Å². The van der Waals surface area contributed by atoms with Crippen molar-refractivity contribution in [2.75, 3.05) is 0 Å². The normalized spacial score (nSPS) is 11.2. The van der Waals surface area contributed by atoms with E-state index < -0.39 is 6.36 Å². The van der Waals surface area contributed by atoms with E-state index in [1.165, 1.54) is 24.3 Å². The fourth-order valence-electron chi connectivity index (χ4n) is 1.92. The summed E-state index contributed by atoms with van der Waals surface area (Å²) < 4.78 is 45.7. The van der Waals surface area contributed by atoms with E-state index in [4.69, 9.17) is 4.74 Å². The molecule has 0 unspecified atom stereocenters. The summed E-state index contributed by atoms with van der Waals surface area (Å²) in [7, 11) is 0. The number of aryl methyl sites for hydroxylation is 1. The highest BCUT2D eigenvalue weighted by atomic mass is 19.4. The fraction of sp³-hybridized carbons (Fsp3) is 0.250. The molecule has 112 valence electrons. The van der Waals surface area contributed by atoms with Crippen LogP contribution in [0.3, 0.4) is 0 Å². The first-order valence-electron chi connectivity index (χ1n) is 6.59. The number of hydrogen-bond acceptors (Lipinski definition) is 2. The van der Waals surface area contributed by atoms with Gasteiger partial charge in [0.15, 0.2) is 0 Å². The standard InChI is InChI=1S/C16H15F3O2/c1-2-5-12-6-3-4-7-15(12)20-13-8-10-14(11-9-13)21-16(17,18)19/h3-4,6-11H,2,5H2,1H3. The molecule has 0 N–H and O–H groups in total. The van der Waals surface area contributed by atoms with Crippen LogP contribution in [0.15, 0.2) is 48.5 Å². The van der Waals surface area contributed by atoms with Crippen LogP contribution in [0.25, 0.3) is 0 Å². The predicted molar refractivity (Wildman–Crippen MR) is 73.6 cm³/mol. The zero-order chi connectivity index (χ0) is 15.3. The van der Waals surface area contributed by atoms with E-state index in [1.54, 1.807) is 0 Å². The van der Waals surface area contributed by atoms with Crippen LogP contribution in [0.1, 0.15) is 18.9 Å².